The Balaban J connectivity index is 2.26. The van der Waals surface area contributed by atoms with Crippen molar-refractivity contribution in [3.63, 3.8) is 0 Å². The molecule has 1 heterocycles. The predicted molar refractivity (Wildman–Crippen MR) is 62.0 cm³/mol. The van der Waals surface area contributed by atoms with Gasteiger partial charge in [0.2, 0.25) is 5.91 Å². The predicted octanol–water partition coefficient (Wildman–Crippen LogP) is 2.10. The molecule has 3 nitrogen and oxygen atoms in total. The first-order valence-corrected chi connectivity index (χ1v) is 5.94. The van der Waals surface area contributed by atoms with E-state index < -0.39 is 0 Å². The second-order valence-corrected chi connectivity index (χ2v) is 4.46. The normalized spacial score (nSPS) is 10.7. The zero-order valence-corrected chi connectivity index (χ0v) is 10.2. The monoisotopic (exact) mass is 227 g/mol. The number of thiophene rings is 1. The van der Waals surface area contributed by atoms with E-state index in [1.165, 1.54) is 11.1 Å². The highest BCUT2D eigenvalue weighted by molar-refractivity contribution is 7.08. The van der Waals surface area contributed by atoms with Crippen molar-refractivity contribution in [1.82, 2.24) is 5.32 Å². The van der Waals surface area contributed by atoms with Gasteiger partial charge in [-0.1, -0.05) is 0 Å². The van der Waals surface area contributed by atoms with Gasteiger partial charge in [-0.15, -0.1) is 0 Å². The fourth-order valence-corrected chi connectivity index (χ4v) is 1.91. The quantitative estimate of drug-likeness (QED) is 0.836. The number of aryl methyl sites for hydroxylation is 1. The largest absolute Gasteiger partial charge is 0.369 e. The van der Waals surface area contributed by atoms with Gasteiger partial charge in [0.15, 0.2) is 0 Å². The first kappa shape index (κ1) is 12.2. The summed E-state index contributed by atoms with van der Waals surface area (Å²) in [6.45, 7) is 6.60. The summed E-state index contributed by atoms with van der Waals surface area (Å²) in [5.74, 6) is -0.0608. The van der Waals surface area contributed by atoms with Crippen LogP contribution in [-0.4, -0.2) is 18.6 Å². The first-order valence-electron chi connectivity index (χ1n) is 4.99. The van der Waals surface area contributed by atoms with Crippen LogP contribution in [0, 0.1) is 6.92 Å². The summed E-state index contributed by atoms with van der Waals surface area (Å²) in [6, 6.07) is 0. The van der Waals surface area contributed by atoms with Gasteiger partial charge in [-0.05, 0) is 42.7 Å². The van der Waals surface area contributed by atoms with Crippen molar-refractivity contribution >= 4 is 17.2 Å². The highest BCUT2D eigenvalue weighted by atomic mass is 32.1. The number of rotatable bonds is 5. The van der Waals surface area contributed by atoms with Crippen LogP contribution < -0.4 is 5.32 Å². The molecule has 0 fully saturated rings. The number of amides is 1. The molecule has 0 aliphatic heterocycles. The van der Waals surface area contributed by atoms with Crippen LogP contribution in [0.2, 0.25) is 0 Å². The second-order valence-electron chi connectivity index (χ2n) is 3.72. The molecule has 1 aromatic heterocycles. The lowest BCUT2D eigenvalue weighted by Gasteiger charge is -2.08. The van der Waals surface area contributed by atoms with E-state index in [1.54, 1.807) is 11.3 Å². The number of carbonyl (C=O) groups is 1. The average molecular weight is 227 g/mol. The van der Waals surface area contributed by atoms with Crippen LogP contribution in [0.3, 0.4) is 0 Å². The molecular weight excluding hydrogens is 210 g/mol. The van der Waals surface area contributed by atoms with Gasteiger partial charge >= 0.3 is 0 Å². The smallest absolute Gasteiger partial charge is 0.246 e. The second kappa shape index (κ2) is 5.88. The highest BCUT2D eigenvalue weighted by Crippen LogP contribution is 2.12. The van der Waals surface area contributed by atoms with Crippen molar-refractivity contribution < 1.29 is 9.53 Å². The Morgan fingerprint density at radius 3 is 2.80 bits per heavy atom. The maximum atomic E-state index is 11.3. The van der Waals surface area contributed by atoms with Gasteiger partial charge in [0, 0.05) is 6.54 Å². The molecule has 0 unspecified atom stereocenters. The molecule has 0 atom stereocenters. The molecular formula is C11H17NO2S. The van der Waals surface area contributed by atoms with Crippen LogP contribution in [0.1, 0.15) is 25.0 Å². The molecule has 0 saturated carbocycles. The standard InChI is InChI=1S/C11H17NO2S/c1-8(2)14-5-11(13)12-4-10-7-15-6-9(10)3/h6-8H,4-5H2,1-3H3,(H,12,13). The van der Waals surface area contributed by atoms with E-state index in [9.17, 15) is 4.79 Å². The third kappa shape index (κ3) is 4.44. The molecule has 0 radical (unpaired) electrons. The minimum Gasteiger partial charge on any atom is -0.369 e. The number of ether oxygens (including phenoxy) is 1. The van der Waals surface area contributed by atoms with Crippen molar-refractivity contribution in [1.29, 1.82) is 0 Å². The number of hydrogen-bond donors (Lipinski definition) is 1. The van der Waals surface area contributed by atoms with Gasteiger partial charge in [0.05, 0.1) is 6.10 Å². The molecule has 4 heteroatoms. The highest BCUT2D eigenvalue weighted by Gasteiger charge is 2.04. The van der Waals surface area contributed by atoms with E-state index in [2.05, 4.69) is 16.1 Å². The average Bonchev–Trinajstić information content (AvgIpc) is 2.58. The van der Waals surface area contributed by atoms with Crippen molar-refractivity contribution in [3.8, 4) is 0 Å². The van der Waals surface area contributed by atoms with Gasteiger partial charge in [-0.25, -0.2) is 0 Å². The molecule has 0 aliphatic carbocycles. The summed E-state index contributed by atoms with van der Waals surface area (Å²) in [7, 11) is 0. The van der Waals surface area contributed by atoms with E-state index in [0.717, 1.165) is 0 Å². The molecule has 84 valence electrons. The van der Waals surface area contributed by atoms with E-state index in [0.29, 0.717) is 6.54 Å². The molecule has 1 aromatic rings. The van der Waals surface area contributed by atoms with Crippen molar-refractivity contribution in [3.05, 3.63) is 21.9 Å². The Labute approximate surface area is 94.5 Å². The first-order chi connectivity index (χ1) is 7.09. The zero-order valence-electron chi connectivity index (χ0n) is 9.37. The zero-order chi connectivity index (χ0) is 11.3. The third-order valence-electron chi connectivity index (χ3n) is 1.99. The van der Waals surface area contributed by atoms with E-state index in [-0.39, 0.29) is 18.6 Å². The van der Waals surface area contributed by atoms with Crippen LogP contribution in [0.4, 0.5) is 0 Å². The summed E-state index contributed by atoms with van der Waals surface area (Å²) in [5, 5.41) is 6.95. The summed E-state index contributed by atoms with van der Waals surface area (Å²) < 4.78 is 5.19. The molecule has 0 aliphatic rings. The summed E-state index contributed by atoms with van der Waals surface area (Å²) in [4.78, 5) is 11.3. The van der Waals surface area contributed by atoms with Crippen LogP contribution in [0.5, 0.6) is 0 Å². The fraction of sp³-hybridized carbons (Fsp3) is 0.545. The maximum Gasteiger partial charge on any atom is 0.246 e. The topological polar surface area (TPSA) is 38.3 Å². The van der Waals surface area contributed by atoms with Gasteiger partial charge < -0.3 is 10.1 Å². The minimum absolute atomic E-state index is 0.0608. The van der Waals surface area contributed by atoms with Gasteiger partial charge in [-0.2, -0.15) is 11.3 Å². The van der Waals surface area contributed by atoms with E-state index in [1.807, 2.05) is 20.8 Å². The van der Waals surface area contributed by atoms with Gasteiger partial charge in [0.1, 0.15) is 6.61 Å². The SMILES string of the molecule is Cc1cscc1CNC(=O)COC(C)C. The van der Waals surface area contributed by atoms with Gasteiger partial charge in [0.25, 0.3) is 0 Å². The number of hydrogen-bond acceptors (Lipinski definition) is 3. The Morgan fingerprint density at radius 2 is 2.27 bits per heavy atom. The molecule has 15 heavy (non-hydrogen) atoms. The van der Waals surface area contributed by atoms with Crippen LogP contribution in [-0.2, 0) is 16.1 Å². The summed E-state index contributed by atoms with van der Waals surface area (Å²) in [5.41, 5.74) is 2.41. The Morgan fingerprint density at radius 1 is 1.53 bits per heavy atom. The maximum absolute atomic E-state index is 11.3. The molecule has 0 aromatic carbocycles. The summed E-state index contributed by atoms with van der Waals surface area (Å²) >= 11 is 1.65. The number of carbonyl (C=O) groups excluding carboxylic acids is 1. The molecule has 0 bridgehead atoms. The molecule has 1 amide bonds. The Kier molecular flexibility index (Phi) is 4.78. The lowest BCUT2D eigenvalue weighted by atomic mass is 10.2. The van der Waals surface area contributed by atoms with E-state index >= 15 is 0 Å². The Bertz CT molecular complexity index is 320. The summed E-state index contributed by atoms with van der Waals surface area (Å²) in [6.07, 6.45) is 0.0960. The third-order valence-corrected chi connectivity index (χ3v) is 2.90. The lowest BCUT2D eigenvalue weighted by Crippen LogP contribution is -2.28. The lowest BCUT2D eigenvalue weighted by molar-refractivity contribution is -0.127. The van der Waals surface area contributed by atoms with Crippen molar-refractivity contribution in [2.24, 2.45) is 0 Å². The number of nitrogens with one attached hydrogen (secondary N) is 1. The van der Waals surface area contributed by atoms with Crippen LogP contribution in [0.15, 0.2) is 10.8 Å². The molecule has 1 N–H and O–H groups in total. The molecule has 1 rings (SSSR count). The van der Waals surface area contributed by atoms with Crippen LogP contribution >= 0.6 is 11.3 Å². The van der Waals surface area contributed by atoms with Crippen molar-refractivity contribution in [2.75, 3.05) is 6.61 Å². The fourth-order valence-electron chi connectivity index (χ4n) is 1.06. The Hall–Kier alpha value is -0.870. The molecule has 0 spiro atoms. The van der Waals surface area contributed by atoms with Gasteiger partial charge in [-0.3, -0.25) is 4.79 Å². The van der Waals surface area contributed by atoms with E-state index in [4.69, 9.17) is 4.74 Å². The minimum atomic E-state index is -0.0608. The van der Waals surface area contributed by atoms with Crippen LogP contribution in [0.25, 0.3) is 0 Å². The van der Waals surface area contributed by atoms with Crippen molar-refractivity contribution in [2.45, 2.75) is 33.4 Å². The molecule has 0 saturated heterocycles.